The Hall–Kier alpha value is 0.320. The molecule has 0 radical (unpaired) electrons. The maximum Gasteiger partial charge on any atom is 0.400 e. The normalized spacial score (nSPS) is 13.4. The molecule has 0 saturated carbocycles. The van der Waals surface area contributed by atoms with Crippen molar-refractivity contribution in [2.24, 2.45) is 0 Å². The number of unbranched alkanes of at least 4 members (excludes halogenated alkanes) is 1. The van der Waals surface area contributed by atoms with Crippen molar-refractivity contribution in [3.8, 4) is 0 Å². The monoisotopic (exact) mass is 348 g/mol. The molecular formula is C13H27F2O4PS. The Kier molecular flexibility index (Phi) is 10.3. The Morgan fingerprint density at radius 3 is 2.05 bits per heavy atom. The van der Waals surface area contributed by atoms with Gasteiger partial charge in [-0.2, -0.15) is 20.5 Å². The molecule has 0 fully saturated rings. The number of aliphatic hydroxyl groups is 1. The van der Waals surface area contributed by atoms with Crippen molar-refractivity contribution < 1.29 is 27.5 Å². The molecule has 21 heavy (non-hydrogen) atoms. The Labute approximate surface area is 130 Å². The van der Waals surface area contributed by atoms with Crippen LogP contribution >= 0.6 is 19.4 Å². The number of rotatable bonds is 12. The van der Waals surface area contributed by atoms with Crippen LogP contribution in [-0.2, 0) is 13.6 Å². The first-order valence-corrected chi connectivity index (χ1v) is 9.87. The van der Waals surface area contributed by atoms with Crippen LogP contribution in [0.5, 0.6) is 0 Å². The second-order valence-corrected chi connectivity index (χ2v) is 8.56. The SMILES string of the molecule is CC(C)OP(=O)(OC(C)C)C(F)(F)CCCCSCCO. The molecule has 0 aliphatic heterocycles. The van der Waals surface area contributed by atoms with E-state index in [-0.39, 0.29) is 13.0 Å². The minimum absolute atomic E-state index is 0.0838. The third-order valence-electron chi connectivity index (χ3n) is 2.35. The second-order valence-electron chi connectivity index (χ2n) is 5.26. The van der Waals surface area contributed by atoms with E-state index in [1.54, 1.807) is 27.7 Å². The van der Waals surface area contributed by atoms with E-state index >= 15 is 0 Å². The van der Waals surface area contributed by atoms with Crippen molar-refractivity contribution in [3.05, 3.63) is 0 Å². The minimum Gasteiger partial charge on any atom is -0.396 e. The summed E-state index contributed by atoms with van der Waals surface area (Å²) in [6.07, 6.45) is -0.910. The summed E-state index contributed by atoms with van der Waals surface area (Å²) in [6, 6.07) is 0. The molecule has 0 aromatic carbocycles. The number of hydrogen-bond acceptors (Lipinski definition) is 5. The van der Waals surface area contributed by atoms with E-state index in [1.165, 1.54) is 11.8 Å². The molecule has 0 heterocycles. The van der Waals surface area contributed by atoms with Crippen molar-refractivity contribution in [2.75, 3.05) is 18.1 Å². The third-order valence-corrected chi connectivity index (χ3v) is 5.82. The zero-order chi connectivity index (χ0) is 16.5. The maximum absolute atomic E-state index is 14.2. The molecule has 0 aromatic rings. The highest BCUT2D eigenvalue weighted by molar-refractivity contribution is 7.99. The lowest BCUT2D eigenvalue weighted by atomic mass is 10.2. The van der Waals surface area contributed by atoms with Gasteiger partial charge in [-0.3, -0.25) is 4.57 Å². The molecule has 0 bridgehead atoms. The van der Waals surface area contributed by atoms with Gasteiger partial charge in [0, 0.05) is 12.2 Å². The molecule has 0 unspecified atom stereocenters. The number of thioether (sulfide) groups is 1. The number of halogens is 2. The number of alkyl halides is 2. The second kappa shape index (κ2) is 10.2. The van der Waals surface area contributed by atoms with Crippen molar-refractivity contribution in [1.82, 2.24) is 0 Å². The van der Waals surface area contributed by atoms with Crippen LogP contribution in [-0.4, -0.2) is 41.1 Å². The van der Waals surface area contributed by atoms with Crippen LogP contribution in [0, 0.1) is 0 Å². The Bertz CT molecular complexity index is 313. The third kappa shape index (κ3) is 8.50. The van der Waals surface area contributed by atoms with E-state index in [9.17, 15) is 13.3 Å². The Morgan fingerprint density at radius 2 is 1.62 bits per heavy atom. The zero-order valence-electron chi connectivity index (χ0n) is 13.2. The molecular weight excluding hydrogens is 321 g/mol. The fourth-order valence-corrected chi connectivity index (χ4v) is 4.22. The summed E-state index contributed by atoms with van der Waals surface area (Å²) in [4.78, 5) is 0. The fourth-order valence-electron chi connectivity index (χ4n) is 1.58. The molecule has 0 aliphatic rings. The van der Waals surface area contributed by atoms with E-state index < -0.39 is 31.9 Å². The fraction of sp³-hybridized carbons (Fsp3) is 1.00. The van der Waals surface area contributed by atoms with Crippen molar-refractivity contribution >= 4 is 19.4 Å². The van der Waals surface area contributed by atoms with Crippen LogP contribution in [0.3, 0.4) is 0 Å². The van der Waals surface area contributed by atoms with Gasteiger partial charge in [-0.05, 0) is 46.3 Å². The average Bonchev–Trinajstić information content (AvgIpc) is 2.31. The summed E-state index contributed by atoms with van der Waals surface area (Å²) < 4.78 is 50.7. The van der Waals surface area contributed by atoms with Gasteiger partial charge in [-0.25, -0.2) is 0 Å². The highest BCUT2D eigenvalue weighted by Crippen LogP contribution is 2.65. The lowest BCUT2D eigenvalue weighted by molar-refractivity contribution is 0.0126. The molecule has 1 N–H and O–H groups in total. The van der Waals surface area contributed by atoms with E-state index in [1.807, 2.05) is 0 Å². The van der Waals surface area contributed by atoms with Gasteiger partial charge in [0.2, 0.25) is 0 Å². The quantitative estimate of drug-likeness (QED) is 0.415. The van der Waals surface area contributed by atoms with Gasteiger partial charge in [0.15, 0.2) is 0 Å². The standard InChI is InChI=1S/C13H27F2O4PS/c1-11(2)18-20(17,19-12(3)4)13(14,15)7-5-6-9-21-10-8-16/h11-12,16H,5-10H2,1-4H3. The molecule has 8 heteroatoms. The molecule has 0 rings (SSSR count). The van der Waals surface area contributed by atoms with Crippen molar-refractivity contribution in [3.63, 3.8) is 0 Å². The lowest BCUT2D eigenvalue weighted by Crippen LogP contribution is -2.24. The predicted molar refractivity (Wildman–Crippen MR) is 83.3 cm³/mol. The topological polar surface area (TPSA) is 55.8 Å². The number of hydrogen-bond donors (Lipinski definition) is 1. The Balaban J connectivity index is 4.52. The van der Waals surface area contributed by atoms with Crippen LogP contribution in [0.1, 0.15) is 47.0 Å². The highest BCUT2D eigenvalue weighted by Gasteiger charge is 2.53. The summed E-state index contributed by atoms with van der Waals surface area (Å²) in [5.41, 5.74) is -3.48. The molecule has 128 valence electrons. The van der Waals surface area contributed by atoms with Gasteiger partial charge < -0.3 is 14.2 Å². The van der Waals surface area contributed by atoms with Crippen LogP contribution in [0.25, 0.3) is 0 Å². The van der Waals surface area contributed by atoms with Gasteiger partial charge in [-0.1, -0.05) is 0 Å². The summed E-state index contributed by atoms with van der Waals surface area (Å²) in [5.74, 6) is 1.29. The largest absolute Gasteiger partial charge is 0.400 e. The molecule has 0 aliphatic carbocycles. The number of aliphatic hydroxyl groups excluding tert-OH is 1. The van der Waals surface area contributed by atoms with Gasteiger partial charge >= 0.3 is 13.3 Å². The smallest absolute Gasteiger partial charge is 0.396 e. The summed E-state index contributed by atoms with van der Waals surface area (Å²) in [5, 5.41) is 8.62. The van der Waals surface area contributed by atoms with Gasteiger partial charge in [0.25, 0.3) is 0 Å². The first-order chi connectivity index (χ1) is 9.64. The predicted octanol–water partition coefficient (Wildman–Crippen LogP) is 4.52. The summed E-state index contributed by atoms with van der Waals surface area (Å²) >= 11 is 1.51. The van der Waals surface area contributed by atoms with Crippen molar-refractivity contribution in [1.29, 1.82) is 0 Å². The molecule has 4 nitrogen and oxygen atoms in total. The van der Waals surface area contributed by atoms with Crippen LogP contribution in [0.15, 0.2) is 0 Å². The van der Waals surface area contributed by atoms with E-state index in [0.29, 0.717) is 17.9 Å². The van der Waals surface area contributed by atoms with E-state index in [0.717, 1.165) is 0 Å². The van der Waals surface area contributed by atoms with Crippen molar-refractivity contribution in [2.45, 2.75) is 64.8 Å². The van der Waals surface area contributed by atoms with Crippen LogP contribution in [0.4, 0.5) is 8.78 Å². The Morgan fingerprint density at radius 1 is 1.10 bits per heavy atom. The minimum atomic E-state index is -4.48. The van der Waals surface area contributed by atoms with Gasteiger partial charge in [0.1, 0.15) is 0 Å². The highest BCUT2D eigenvalue weighted by atomic mass is 32.2. The molecule has 0 saturated heterocycles. The molecule has 0 spiro atoms. The molecule has 0 aromatic heterocycles. The van der Waals surface area contributed by atoms with Crippen LogP contribution in [0.2, 0.25) is 0 Å². The van der Waals surface area contributed by atoms with E-state index in [2.05, 4.69) is 0 Å². The summed E-state index contributed by atoms with van der Waals surface area (Å²) in [6.45, 7) is 6.30. The van der Waals surface area contributed by atoms with Gasteiger partial charge in [-0.15, -0.1) is 0 Å². The molecule has 0 amide bonds. The summed E-state index contributed by atoms with van der Waals surface area (Å²) in [7, 11) is -4.48. The molecule has 0 atom stereocenters. The van der Waals surface area contributed by atoms with E-state index in [4.69, 9.17) is 14.2 Å². The zero-order valence-corrected chi connectivity index (χ0v) is 14.9. The first-order valence-electron chi connectivity index (χ1n) is 7.18. The first kappa shape index (κ1) is 21.3. The average molecular weight is 348 g/mol. The lowest BCUT2D eigenvalue weighted by Gasteiger charge is -2.29. The van der Waals surface area contributed by atoms with Gasteiger partial charge in [0.05, 0.1) is 18.8 Å². The maximum atomic E-state index is 14.2. The van der Waals surface area contributed by atoms with Crippen LogP contribution < -0.4 is 0 Å².